The van der Waals surface area contributed by atoms with Gasteiger partial charge in [-0.25, -0.2) is 9.37 Å². The number of anilines is 2. The summed E-state index contributed by atoms with van der Waals surface area (Å²) in [6, 6.07) is 22.6. The van der Waals surface area contributed by atoms with Crippen molar-refractivity contribution >= 4 is 38.3 Å². The van der Waals surface area contributed by atoms with Crippen LogP contribution in [-0.2, 0) is 4.79 Å². The normalized spacial score (nSPS) is 16.4. The van der Waals surface area contributed by atoms with E-state index in [1.54, 1.807) is 6.07 Å². The van der Waals surface area contributed by atoms with E-state index in [9.17, 15) is 9.18 Å². The lowest BCUT2D eigenvalue weighted by atomic mass is 9.96. The highest BCUT2D eigenvalue weighted by Gasteiger charge is 2.28. The summed E-state index contributed by atoms with van der Waals surface area (Å²) in [6.45, 7) is 1.47. The molecule has 1 aliphatic rings. The van der Waals surface area contributed by atoms with E-state index < -0.39 is 0 Å². The lowest BCUT2D eigenvalue weighted by Crippen LogP contribution is -2.40. The lowest BCUT2D eigenvalue weighted by Gasteiger charge is -2.31. The Morgan fingerprint density at radius 2 is 1.87 bits per heavy atom. The number of thiazole rings is 1. The summed E-state index contributed by atoms with van der Waals surface area (Å²) in [7, 11) is 0. The number of aromatic nitrogens is 1. The van der Waals surface area contributed by atoms with Crippen molar-refractivity contribution in [1.82, 2.24) is 4.98 Å². The summed E-state index contributed by atoms with van der Waals surface area (Å²) in [5.74, 6) is -0.350. The number of fused-ring (bicyclic) bond motifs is 1. The fourth-order valence-electron chi connectivity index (χ4n) is 4.08. The van der Waals surface area contributed by atoms with Gasteiger partial charge in [0, 0.05) is 24.3 Å². The van der Waals surface area contributed by atoms with Gasteiger partial charge in [-0.3, -0.25) is 4.79 Å². The summed E-state index contributed by atoms with van der Waals surface area (Å²) < 4.78 is 14.4. The maximum atomic E-state index is 13.5. The molecule has 1 amide bonds. The number of carbonyl (C=O) groups is 1. The van der Waals surface area contributed by atoms with Crippen molar-refractivity contribution in [3.05, 3.63) is 78.6 Å². The number of carbonyl (C=O) groups excluding carboxylic acids is 1. The fraction of sp³-hybridized carbons (Fsp3) is 0.200. The molecule has 0 radical (unpaired) electrons. The maximum Gasteiger partial charge on any atom is 0.229 e. The van der Waals surface area contributed by atoms with Gasteiger partial charge in [-0.05, 0) is 42.7 Å². The number of para-hydroxylation sites is 1. The second-order valence-electron chi connectivity index (χ2n) is 7.79. The third kappa shape index (κ3) is 4.16. The first-order valence-corrected chi connectivity index (χ1v) is 11.3. The smallest absolute Gasteiger partial charge is 0.229 e. The van der Waals surface area contributed by atoms with Crippen LogP contribution >= 0.6 is 11.3 Å². The number of piperidine rings is 1. The van der Waals surface area contributed by atoms with E-state index in [0.717, 1.165) is 51.5 Å². The van der Waals surface area contributed by atoms with Crippen molar-refractivity contribution in [1.29, 1.82) is 0 Å². The van der Waals surface area contributed by atoms with Crippen LogP contribution in [0.3, 0.4) is 0 Å². The minimum atomic E-state index is -0.254. The van der Waals surface area contributed by atoms with Gasteiger partial charge in [0.2, 0.25) is 5.91 Å². The first-order valence-electron chi connectivity index (χ1n) is 10.4. The lowest BCUT2D eigenvalue weighted by molar-refractivity contribution is -0.120. The Bertz CT molecular complexity index is 1220. The van der Waals surface area contributed by atoms with Crippen molar-refractivity contribution in [2.24, 2.45) is 5.92 Å². The molecule has 0 saturated carbocycles. The highest BCUT2D eigenvalue weighted by molar-refractivity contribution is 7.22. The standard InChI is InChI=1S/C25H22FN3OS/c26-19-12-13-22-23(15-19)31-25(28-22)29-14-6-9-18(16-29)24(30)27-21-11-5-4-10-20(21)17-7-2-1-3-8-17/h1-5,7-8,10-13,15,18H,6,9,14,16H2,(H,27,30). The van der Waals surface area contributed by atoms with Crippen LogP contribution in [0.4, 0.5) is 15.2 Å². The zero-order valence-electron chi connectivity index (χ0n) is 16.9. The number of amides is 1. The molecule has 4 nitrogen and oxygen atoms in total. The molecule has 3 aromatic carbocycles. The molecule has 0 bridgehead atoms. The second-order valence-corrected chi connectivity index (χ2v) is 8.80. The van der Waals surface area contributed by atoms with Gasteiger partial charge in [-0.15, -0.1) is 0 Å². The van der Waals surface area contributed by atoms with Crippen molar-refractivity contribution in [2.45, 2.75) is 12.8 Å². The van der Waals surface area contributed by atoms with Crippen LogP contribution in [0.2, 0.25) is 0 Å². The van der Waals surface area contributed by atoms with Crippen LogP contribution in [0.25, 0.3) is 21.3 Å². The highest BCUT2D eigenvalue weighted by Crippen LogP contribution is 2.33. The predicted octanol–water partition coefficient (Wildman–Crippen LogP) is 5.96. The molecule has 4 aromatic rings. The molecule has 156 valence electrons. The van der Waals surface area contributed by atoms with Crippen LogP contribution in [0.15, 0.2) is 72.8 Å². The molecule has 0 aliphatic carbocycles. The van der Waals surface area contributed by atoms with Crippen molar-refractivity contribution in [2.75, 3.05) is 23.3 Å². The van der Waals surface area contributed by atoms with E-state index in [1.165, 1.54) is 23.5 Å². The fourth-order valence-corrected chi connectivity index (χ4v) is 5.11. The average molecular weight is 432 g/mol. The van der Waals surface area contributed by atoms with Gasteiger partial charge < -0.3 is 10.2 Å². The molecule has 1 fully saturated rings. The Hall–Kier alpha value is -3.25. The number of nitrogens with one attached hydrogen (secondary N) is 1. The Balaban J connectivity index is 1.33. The minimum absolute atomic E-state index is 0.0280. The number of hydrogen-bond acceptors (Lipinski definition) is 4. The molecule has 5 rings (SSSR count). The molecule has 0 spiro atoms. The Morgan fingerprint density at radius 3 is 2.74 bits per heavy atom. The third-order valence-corrected chi connectivity index (χ3v) is 6.75. The van der Waals surface area contributed by atoms with Gasteiger partial charge >= 0.3 is 0 Å². The van der Waals surface area contributed by atoms with Crippen LogP contribution in [0, 0.1) is 11.7 Å². The number of rotatable bonds is 4. The Kier molecular flexibility index (Phi) is 5.38. The molecule has 1 saturated heterocycles. The predicted molar refractivity (Wildman–Crippen MR) is 125 cm³/mol. The van der Waals surface area contributed by atoms with E-state index in [2.05, 4.69) is 15.2 Å². The molecular formula is C25H22FN3OS. The summed E-state index contributed by atoms with van der Waals surface area (Å²) in [4.78, 5) is 19.9. The Morgan fingerprint density at radius 1 is 1.06 bits per heavy atom. The largest absolute Gasteiger partial charge is 0.347 e. The number of hydrogen-bond donors (Lipinski definition) is 1. The zero-order chi connectivity index (χ0) is 21.2. The second kappa shape index (κ2) is 8.47. The first-order chi connectivity index (χ1) is 15.2. The number of benzene rings is 3. The van der Waals surface area contributed by atoms with Gasteiger partial charge in [0.1, 0.15) is 5.82 Å². The molecule has 1 unspecified atom stereocenters. The number of nitrogens with zero attached hydrogens (tertiary/aromatic N) is 2. The van der Waals surface area contributed by atoms with Gasteiger partial charge in [0.05, 0.1) is 16.1 Å². The van der Waals surface area contributed by atoms with Crippen molar-refractivity contribution < 1.29 is 9.18 Å². The summed E-state index contributed by atoms with van der Waals surface area (Å²) in [5, 5.41) is 4.00. The zero-order valence-corrected chi connectivity index (χ0v) is 17.7. The molecular weight excluding hydrogens is 409 g/mol. The summed E-state index contributed by atoms with van der Waals surface area (Å²) in [5.41, 5.74) is 3.71. The highest BCUT2D eigenvalue weighted by atomic mass is 32.1. The molecule has 1 N–H and O–H groups in total. The number of halogens is 1. The SMILES string of the molecule is O=C(Nc1ccccc1-c1ccccc1)C1CCCN(c2nc3ccc(F)cc3s2)C1. The summed E-state index contributed by atoms with van der Waals surface area (Å²) >= 11 is 1.48. The average Bonchev–Trinajstić information content (AvgIpc) is 3.23. The van der Waals surface area contributed by atoms with Crippen LogP contribution in [0.5, 0.6) is 0 Å². The topological polar surface area (TPSA) is 45.2 Å². The van der Waals surface area contributed by atoms with Gasteiger partial charge in [0.25, 0.3) is 0 Å². The van der Waals surface area contributed by atoms with E-state index in [-0.39, 0.29) is 17.6 Å². The molecule has 31 heavy (non-hydrogen) atoms. The molecule has 1 atom stereocenters. The van der Waals surface area contributed by atoms with Crippen LogP contribution in [-0.4, -0.2) is 24.0 Å². The first kappa shape index (κ1) is 19.7. The van der Waals surface area contributed by atoms with Gasteiger partial charge in [0.15, 0.2) is 5.13 Å². The van der Waals surface area contributed by atoms with Crippen LogP contribution in [0.1, 0.15) is 12.8 Å². The van der Waals surface area contributed by atoms with Crippen molar-refractivity contribution in [3.63, 3.8) is 0 Å². The minimum Gasteiger partial charge on any atom is -0.347 e. The van der Waals surface area contributed by atoms with Gasteiger partial charge in [-0.1, -0.05) is 59.9 Å². The summed E-state index contributed by atoms with van der Waals surface area (Å²) in [6.07, 6.45) is 1.76. The van der Waals surface area contributed by atoms with E-state index >= 15 is 0 Å². The third-order valence-electron chi connectivity index (χ3n) is 5.67. The molecule has 6 heteroatoms. The van der Waals surface area contributed by atoms with E-state index in [1.807, 2.05) is 54.6 Å². The molecule has 2 heterocycles. The Labute approximate surface area is 184 Å². The molecule has 1 aromatic heterocycles. The van der Waals surface area contributed by atoms with E-state index in [4.69, 9.17) is 0 Å². The van der Waals surface area contributed by atoms with Crippen LogP contribution < -0.4 is 10.2 Å². The quantitative estimate of drug-likeness (QED) is 0.434. The van der Waals surface area contributed by atoms with Gasteiger partial charge in [-0.2, -0.15) is 0 Å². The monoisotopic (exact) mass is 431 g/mol. The molecule has 1 aliphatic heterocycles. The van der Waals surface area contributed by atoms with E-state index in [0.29, 0.717) is 6.54 Å². The van der Waals surface area contributed by atoms with Crippen molar-refractivity contribution in [3.8, 4) is 11.1 Å². The maximum absolute atomic E-state index is 13.5.